The largest absolute Gasteiger partial charge is 0.0654 e. The summed E-state index contributed by atoms with van der Waals surface area (Å²) in [6.45, 7) is 2.35. The molecule has 0 bridgehead atoms. The van der Waals surface area contributed by atoms with Gasteiger partial charge in [-0.3, -0.25) is 0 Å². The first kappa shape index (κ1) is 18.0. The van der Waals surface area contributed by atoms with E-state index in [1.165, 1.54) is 63.4 Å². The topological polar surface area (TPSA) is 0 Å². The van der Waals surface area contributed by atoms with E-state index in [9.17, 15) is 0 Å². The highest BCUT2D eigenvalue weighted by atomic mass is 14.4. The number of rotatable bonds is 7. The van der Waals surface area contributed by atoms with Gasteiger partial charge in [-0.1, -0.05) is 82.2 Å². The van der Waals surface area contributed by atoms with E-state index in [0.29, 0.717) is 0 Å². The maximum Gasteiger partial charge on any atom is -0.0279 e. The molecule has 24 heavy (non-hydrogen) atoms. The lowest BCUT2D eigenvalue weighted by atomic mass is 9.68. The molecule has 0 heterocycles. The maximum absolute atomic E-state index is 2.35. The Morgan fingerprint density at radius 1 is 0.708 bits per heavy atom. The summed E-state index contributed by atoms with van der Waals surface area (Å²) in [7, 11) is 0. The Hall–Kier alpha value is -0.780. The van der Waals surface area contributed by atoms with Crippen molar-refractivity contribution in [1.82, 2.24) is 0 Å². The Labute approximate surface area is 150 Å². The minimum atomic E-state index is 1.03. The molecule has 0 heteroatoms. The Bertz CT molecular complexity index is 432. The number of benzene rings is 1. The molecule has 0 atom stereocenters. The molecular formula is C24H38. The molecule has 0 unspecified atom stereocenters. The quantitative estimate of drug-likeness (QED) is 0.489. The molecule has 1 aromatic rings. The minimum absolute atomic E-state index is 1.03. The van der Waals surface area contributed by atoms with Crippen LogP contribution in [0, 0.1) is 23.7 Å². The lowest BCUT2D eigenvalue weighted by Gasteiger charge is -2.38. The molecular weight excluding hydrogens is 288 g/mol. The molecule has 2 fully saturated rings. The predicted molar refractivity (Wildman–Crippen MR) is 105 cm³/mol. The Morgan fingerprint density at radius 2 is 1.25 bits per heavy atom. The van der Waals surface area contributed by atoms with Crippen molar-refractivity contribution in [2.24, 2.45) is 23.7 Å². The monoisotopic (exact) mass is 326 g/mol. The first-order valence-corrected chi connectivity index (χ1v) is 10.9. The van der Waals surface area contributed by atoms with Crippen LogP contribution < -0.4 is 0 Å². The van der Waals surface area contributed by atoms with Gasteiger partial charge in [0.1, 0.15) is 0 Å². The normalized spacial score (nSPS) is 31.0. The van der Waals surface area contributed by atoms with Gasteiger partial charge in [0.05, 0.1) is 0 Å². The van der Waals surface area contributed by atoms with E-state index < -0.39 is 0 Å². The lowest BCUT2D eigenvalue weighted by molar-refractivity contribution is 0.140. The summed E-state index contributed by atoms with van der Waals surface area (Å²) < 4.78 is 0. The second kappa shape index (κ2) is 9.64. The van der Waals surface area contributed by atoms with Crippen LogP contribution in [-0.4, -0.2) is 0 Å². The van der Waals surface area contributed by atoms with Crippen LogP contribution in [0.15, 0.2) is 30.3 Å². The highest BCUT2D eigenvalue weighted by molar-refractivity contribution is 5.14. The fourth-order valence-electron chi connectivity index (χ4n) is 5.54. The Kier molecular flexibility index (Phi) is 7.24. The van der Waals surface area contributed by atoms with E-state index in [4.69, 9.17) is 0 Å². The van der Waals surface area contributed by atoms with Crippen LogP contribution in [-0.2, 0) is 6.42 Å². The number of hydrogen-bond donors (Lipinski definition) is 0. The SMILES string of the molecule is CCCC1CCC(C2CCC(CCCc3ccccc3)CC2)CC1. The smallest absolute Gasteiger partial charge is 0.0279 e. The molecule has 0 nitrogen and oxygen atoms in total. The standard InChI is InChI=1S/C24H38/c1-2-7-20-12-16-23(17-13-20)24-18-14-22(15-19-24)11-6-10-21-8-4-3-5-9-21/h3-5,8-9,20,22-24H,2,6-7,10-19H2,1H3. The second-order valence-corrected chi connectivity index (χ2v) is 8.73. The van der Waals surface area contributed by atoms with Crippen molar-refractivity contribution in [1.29, 1.82) is 0 Å². The van der Waals surface area contributed by atoms with Crippen molar-refractivity contribution in [2.75, 3.05) is 0 Å². The van der Waals surface area contributed by atoms with Crippen LogP contribution in [0.25, 0.3) is 0 Å². The first-order chi connectivity index (χ1) is 11.8. The average molecular weight is 327 g/mol. The number of hydrogen-bond acceptors (Lipinski definition) is 0. The molecule has 0 radical (unpaired) electrons. The van der Waals surface area contributed by atoms with Crippen molar-refractivity contribution in [3.63, 3.8) is 0 Å². The lowest BCUT2D eigenvalue weighted by Crippen LogP contribution is -2.25. The molecule has 1 aromatic carbocycles. The fourth-order valence-corrected chi connectivity index (χ4v) is 5.54. The van der Waals surface area contributed by atoms with Crippen molar-refractivity contribution >= 4 is 0 Å². The molecule has 0 N–H and O–H groups in total. The zero-order valence-corrected chi connectivity index (χ0v) is 15.9. The third-order valence-electron chi connectivity index (χ3n) is 7.07. The molecule has 0 saturated heterocycles. The number of aryl methyl sites for hydroxylation is 1. The summed E-state index contributed by atoms with van der Waals surface area (Å²) >= 11 is 0. The van der Waals surface area contributed by atoms with E-state index >= 15 is 0 Å². The molecule has 2 aliphatic carbocycles. The van der Waals surface area contributed by atoms with Gasteiger partial charge >= 0.3 is 0 Å². The zero-order valence-electron chi connectivity index (χ0n) is 15.9. The van der Waals surface area contributed by atoms with E-state index in [1.807, 2.05) is 0 Å². The van der Waals surface area contributed by atoms with Gasteiger partial charge in [0, 0.05) is 0 Å². The first-order valence-electron chi connectivity index (χ1n) is 10.9. The van der Waals surface area contributed by atoms with Crippen molar-refractivity contribution in [2.45, 2.75) is 90.4 Å². The summed E-state index contributed by atoms with van der Waals surface area (Å²) in [5.41, 5.74) is 1.52. The minimum Gasteiger partial charge on any atom is -0.0654 e. The summed E-state index contributed by atoms with van der Waals surface area (Å²) in [5, 5.41) is 0. The molecule has 2 saturated carbocycles. The van der Waals surface area contributed by atoms with Crippen LogP contribution in [0.4, 0.5) is 0 Å². The summed E-state index contributed by atoms with van der Waals surface area (Å²) in [4.78, 5) is 0. The van der Waals surface area contributed by atoms with E-state index in [0.717, 1.165) is 23.7 Å². The maximum atomic E-state index is 2.35. The zero-order chi connectivity index (χ0) is 16.6. The fraction of sp³-hybridized carbons (Fsp3) is 0.750. The van der Waals surface area contributed by atoms with Crippen LogP contribution in [0.1, 0.15) is 89.5 Å². The Morgan fingerprint density at radius 3 is 1.79 bits per heavy atom. The van der Waals surface area contributed by atoms with E-state index in [1.54, 1.807) is 25.7 Å². The molecule has 0 aromatic heterocycles. The summed E-state index contributed by atoms with van der Waals surface area (Å²) in [6, 6.07) is 11.0. The van der Waals surface area contributed by atoms with E-state index in [-0.39, 0.29) is 0 Å². The molecule has 0 aliphatic heterocycles. The van der Waals surface area contributed by atoms with Crippen molar-refractivity contribution in [3.8, 4) is 0 Å². The van der Waals surface area contributed by atoms with E-state index in [2.05, 4.69) is 37.3 Å². The van der Waals surface area contributed by atoms with Gasteiger partial charge < -0.3 is 0 Å². The summed E-state index contributed by atoms with van der Waals surface area (Å²) in [5.74, 6) is 4.27. The van der Waals surface area contributed by atoms with Gasteiger partial charge in [-0.05, 0) is 67.8 Å². The van der Waals surface area contributed by atoms with Crippen molar-refractivity contribution < 1.29 is 0 Å². The van der Waals surface area contributed by atoms with Gasteiger partial charge in [0.15, 0.2) is 0 Å². The van der Waals surface area contributed by atoms with Gasteiger partial charge in [-0.2, -0.15) is 0 Å². The van der Waals surface area contributed by atoms with Crippen LogP contribution in [0.2, 0.25) is 0 Å². The van der Waals surface area contributed by atoms with Crippen LogP contribution in [0.5, 0.6) is 0 Å². The third kappa shape index (κ3) is 5.36. The van der Waals surface area contributed by atoms with Gasteiger partial charge in [0.25, 0.3) is 0 Å². The molecule has 0 spiro atoms. The molecule has 0 amide bonds. The van der Waals surface area contributed by atoms with Gasteiger partial charge in [0.2, 0.25) is 0 Å². The van der Waals surface area contributed by atoms with Crippen LogP contribution in [0.3, 0.4) is 0 Å². The van der Waals surface area contributed by atoms with Crippen molar-refractivity contribution in [3.05, 3.63) is 35.9 Å². The Balaban J connectivity index is 1.31. The average Bonchev–Trinajstić information content (AvgIpc) is 2.64. The van der Waals surface area contributed by atoms with Gasteiger partial charge in [-0.25, -0.2) is 0 Å². The predicted octanol–water partition coefficient (Wildman–Crippen LogP) is 7.42. The van der Waals surface area contributed by atoms with Gasteiger partial charge in [-0.15, -0.1) is 0 Å². The van der Waals surface area contributed by atoms with Crippen LogP contribution >= 0.6 is 0 Å². The highest BCUT2D eigenvalue weighted by Crippen LogP contribution is 2.42. The second-order valence-electron chi connectivity index (χ2n) is 8.73. The molecule has 134 valence electrons. The molecule has 2 aliphatic rings. The molecule has 3 rings (SSSR count). The highest BCUT2D eigenvalue weighted by Gasteiger charge is 2.30. The third-order valence-corrected chi connectivity index (χ3v) is 7.07. The summed E-state index contributed by atoms with van der Waals surface area (Å²) in [6.07, 6.45) is 19.3.